The van der Waals surface area contributed by atoms with Crippen molar-refractivity contribution in [3.63, 3.8) is 0 Å². The second-order valence-corrected chi connectivity index (χ2v) is 4.97. The van der Waals surface area contributed by atoms with Crippen LogP contribution in [-0.2, 0) is 7.05 Å². The Bertz CT molecular complexity index is 667. The van der Waals surface area contributed by atoms with Crippen molar-refractivity contribution < 1.29 is 0 Å². The van der Waals surface area contributed by atoms with Crippen LogP contribution in [0.3, 0.4) is 0 Å². The number of nitrogens with one attached hydrogen (secondary N) is 1. The van der Waals surface area contributed by atoms with Gasteiger partial charge in [-0.2, -0.15) is 4.98 Å². The maximum absolute atomic E-state index is 11.3. The van der Waals surface area contributed by atoms with Crippen molar-refractivity contribution in [2.75, 3.05) is 6.54 Å². The fourth-order valence-electron chi connectivity index (χ4n) is 1.49. The fraction of sp³-hybridized carbons (Fsp3) is 0.273. The Morgan fingerprint density at radius 3 is 2.89 bits per heavy atom. The lowest BCUT2D eigenvalue weighted by Crippen LogP contribution is -2.34. The molecule has 0 aromatic carbocycles. The molecule has 0 saturated carbocycles. The summed E-state index contributed by atoms with van der Waals surface area (Å²) in [7, 11) is 1.61. The highest BCUT2D eigenvalue weighted by molar-refractivity contribution is 7.99. The molecule has 2 aromatic rings. The number of pyridine rings is 1. The number of aromatic amines is 1. The molecule has 100 valence electrons. The Hall–Kier alpha value is -1.93. The SMILES string of the molecule is Cn1[nH]c(=O)c(=O)nc1SC(CN)c1ccccn1. The molecule has 0 bridgehead atoms. The Kier molecular flexibility index (Phi) is 4.13. The van der Waals surface area contributed by atoms with Gasteiger partial charge >= 0.3 is 11.1 Å². The molecule has 0 amide bonds. The van der Waals surface area contributed by atoms with Gasteiger partial charge in [-0.1, -0.05) is 17.8 Å². The van der Waals surface area contributed by atoms with E-state index in [2.05, 4.69) is 15.1 Å². The van der Waals surface area contributed by atoms with E-state index in [1.807, 2.05) is 18.2 Å². The van der Waals surface area contributed by atoms with Gasteiger partial charge in [0.25, 0.3) is 0 Å². The van der Waals surface area contributed by atoms with Crippen LogP contribution in [0, 0.1) is 0 Å². The third-order valence-corrected chi connectivity index (χ3v) is 3.72. The van der Waals surface area contributed by atoms with Crippen LogP contribution in [0.4, 0.5) is 0 Å². The normalized spacial score (nSPS) is 12.3. The van der Waals surface area contributed by atoms with E-state index in [-0.39, 0.29) is 5.25 Å². The summed E-state index contributed by atoms with van der Waals surface area (Å²) in [5.41, 5.74) is 4.97. The standard InChI is InChI=1S/C11H13N5O2S/c1-16-11(14-9(17)10(18)15-16)19-8(6-12)7-4-2-3-5-13-7/h2-5,8H,6,12H2,1H3,(H,15,18). The molecule has 19 heavy (non-hydrogen) atoms. The number of hydrogen-bond donors (Lipinski definition) is 2. The lowest BCUT2D eigenvalue weighted by atomic mass is 10.3. The summed E-state index contributed by atoms with van der Waals surface area (Å²) in [6, 6.07) is 5.54. The van der Waals surface area contributed by atoms with Crippen molar-refractivity contribution in [1.82, 2.24) is 19.7 Å². The van der Waals surface area contributed by atoms with Crippen molar-refractivity contribution in [2.24, 2.45) is 12.8 Å². The summed E-state index contributed by atoms with van der Waals surface area (Å²) in [6.45, 7) is 0.344. The highest BCUT2D eigenvalue weighted by atomic mass is 32.2. The van der Waals surface area contributed by atoms with E-state index >= 15 is 0 Å². The third kappa shape index (κ3) is 3.09. The molecule has 0 fully saturated rings. The molecule has 8 heteroatoms. The van der Waals surface area contributed by atoms with Gasteiger partial charge in [-0.25, -0.2) is 0 Å². The number of nitrogens with two attached hydrogens (primary N) is 1. The first-order valence-electron chi connectivity index (χ1n) is 5.57. The monoisotopic (exact) mass is 279 g/mol. The summed E-state index contributed by atoms with van der Waals surface area (Å²) < 4.78 is 1.40. The van der Waals surface area contributed by atoms with Gasteiger partial charge in [-0.3, -0.25) is 24.4 Å². The van der Waals surface area contributed by atoms with Gasteiger partial charge in [0, 0.05) is 19.8 Å². The highest BCUT2D eigenvalue weighted by Gasteiger charge is 2.16. The van der Waals surface area contributed by atoms with Crippen LogP contribution >= 0.6 is 11.8 Å². The zero-order valence-electron chi connectivity index (χ0n) is 10.2. The van der Waals surface area contributed by atoms with Crippen LogP contribution in [0.5, 0.6) is 0 Å². The first-order chi connectivity index (χ1) is 9.11. The molecular formula is C11H13N5O2S. The lowest BCUT2D eigenvalue weighted by Gasteiger charge is -2.14. The molecule has 7 nitrogen and oxygen atoms in total. The first kappa shape index (κ1) is 13.5. The number of thioether (sulfide) groups is 1. The number of hydrogen-bond acceptors (Lipinski definition) is 6. The van der Waals surface area contributed by atoms with E-state index in [1.54, 1.807) is 13.2 Å². The molecule has 0 aliphatic heterocycles. The zero-order valence-corrected chi connectivity index (χ0v) is 11.1. The molecule has 3 N–H and O–H groups in total. The van der Waals surface area contributed by atoms with E-state index in [9.17, 15) is 9.59 Å². The number of aryl methyl sites for hydroxylation is 1. The average molecular weight is 279 g/mol. The molecule has 2 heterocycles. The number of aromatic nitrogens is 4. The van der Waals surface area contributed by atoms with Gasteiger partial charge in [0.1, 0.15) is 0 Å². The van der Waals surface area contributed by atoms with Gasteiger partial charge in [0.2, 0.25) is 0 Å². The van der Waals surface area contributed by atoms with Crippen molar-refractivity contribution in [1.29, 1.82) is 0 Å². The lowest BCUT2D eigenvalue weighted by molar-refractivity contribution is 0.594. The van der Waals surface area contributed by atoms with E-state index in [0.29, 0.717) is 11.7 Å². The minimum Gasteiger partial charge on any atom is -0.329 e. The minimum absolute atomic E-state index is 0.134. The zero-order chi connectivity index (χ0) is 13.8. The van der Waals surface area contributed by atoms with E-state index in [4.69, 9.17) is 5.73 Å². The van der Waals surface area contributed by atoms with Gasteiger partial charge in [0.05, 0.1) is 10.9 Å². The molecule has 0 spiro atoms. The summed E-state index contributed by atoms with van der Waals surface area (Å²) in [5.74, 6) is 0. The summed E-state index contributed by atoms with van der Waals surface area (Å²) >= 11 is 1.29. The Labute approximate surface area is 112 Å². The van der Waals surface area contributed by atoms with Crippen molar-refractivity contribution >= 4 is 11.8 Å². The average Bonchev–Trinajstić information content (AvgIpc) is 2.42. The number of nitrogens with zero attached hydrogens (tertiary/aromatic N) is 3. The molecule has 0 aliphatic carbocycles. The third-order valence-electron chi connectivity index (χ3n) is 2.43. The summed E-state index contributed by atoms with van der Waals surface area (Å²) in [5, 5.41) is 2.65. The molecule has 2 rings (SSSR count). The van der Waals surface area contributed by atoms with E-state index in [1.165, 1.54) is 16.4 Å². The molecule has 0 saturated heterocycles. The maximum atomic E-state index is 11.3. The van der Waals surface area contributed by atoms with Gasteiger partial charge in [-0.05, 0) is 12.1 Å². The molecule has 1 unspecified atom stereocenters. The molecule has 0 radical (unpaired) electrons. The van der Waals surface area contributed by atoms with E-state index in [0.717, 1.165) is 5.69 Å². The molecular weight excluding hydrogens is 266 g/mol. The predicted molar refractivity (Wildman–Crippen MR) is 72.0 cm³/mol. The quantitative estimate of drug-likeness (QED) is 0.585. The predicted octanol–water partition coefficient (Wildman–Crippen LogP) is -0.344. The van der Waals surface area contributed by atoms with E-state index < -0.39 is 11.1 Å². The highest BCUT2D eigenvalue weighted by Crippen LogP contribution is 2.30. The van der Waals surface area contributed by atoms with Crippen LogP contribution in [0.1, 0.15) is 10.9 Å². The largest absolute Gasteiger partial charge is 0.339 e. The molecule has 1 atom stereocenters. The van der Waals surface area contributed by atoms with Crippen LogP contribution in [-0.4, -0.2) is 26.3 Å². The Balaban J connectivity index is 2.32. The number of rotatable bonds is 4. The smallest absolute Gasteiger partial charge is 0.329 e. The fourth-order valence-corrected chi connectivity index (χ4v) is 2.44. The topological polar surface area (TPSA) is 107 Å². The van der Waals surface area contributed by atoms with Crippen LogP contribution in [0.15, 0.2) is 39.1 Å². The Morgan fingerprint density at radius 2 is 2.26 bits per heavy atom. The van der Waals surface area contributed by atoms with Crippen molar-refractivity contribution in [3.05, 3.63) is 50.8 Å². The van der Waals surface area contributed by atoms with Crippen molar-refractivity contribution in [3.8, 4) is 0 Å². The maximum Gasteiger partial charge on any atom is 0.339 e. The van der Waals surface area contributed by atoms with Gasteiger partial charge in [-0.15, -0.1) is 0 Å². The van der Waals surface area contributed by atoms with Gasteiger partial charge < -0.3 is 5.73 Å². The second kappa shape index (κ2) is 5.81. The van der Waals surface area contributed by atoms with Gasteiger partial charge in [0.15, 0.2) is 5.16 Å². The van der Waals surface area contributed by atoms with Crippen LogP contribution in [0.2, 0.25) is 0 Å². The molecule has 0 aliphatic rings. The molecule has 2 aromatic heterocycles. The van der Waals surface area contributed by atoms with Crippen LogP contribution < -0.4 is 16.9 Å². The second-order valence-electron chi connectivity index (χ2n) is 3.80. The summed E-state index contributed by atoms with van der Waals surface area (Å²) in [6.07, 6.45) is 1.68. The van der Waals surface area contributed by atoms with Crippen LogP contribution in [0.25, 0.3) is 0 Å². The first-order valence-corrected chi connectivity index (χ1v) is 6.45. The minimum atomic E-state index is -0.808. The Morgan fingerprint density at radius 1 is 1.47 bits per heavy atom. The van der Waals surface area contributed by atoms with Crippen molar-refractivity contribution in [2.45, 2.75) is 10.4 Å². The number of H-pyrrole nitrogens is 1. The summed E-state index contributed by atoms with van der Waals surface area (Å²) in [4.78, 5) is 30.3.